The lowest BCUT2D eigenvalue weighted by molar-refractivity contribution is 0.102. The smallest absolute Gasteiger partial charge is 0.258 e. The molecule has 2 aromatic carbocycles. The van der Waals surface area contributed by atoms with E-state index in [0.717, 1.165) is 57.2 Å². The van der Waals surface area contributed by atoms with Crippen molar-refractivity contribution in [3.63, 3.8) is 0 Å². The summed E-state index contributed by atoms with van der Waals surface area (Å²) in [4.78, 5) is 25.9. The summed E-state index contributed by atoms with van der Waals surface area (Å²) in [7, 11) is 0. The first kappa shape index (κ1) is 24.2. The molecule has 2 N–H and O–H groups in total. The maximum Gasteiger partial charge on any atom is 0.258 e. The average molecular weight is 489 g/mol. The summed E-state index contributed by atoms with van der Waals surface area (Å²) >= 11 is 0. The van der Waals surface area contributed by atoms with E-state index in [1.165, 1.54) is 25.0 Å². The molecule has 5 rings (SSSR count). The van der Waals surface area contributed by atoms with Crippen LogP contribution in [-0.2, 0) is 0 Å². The number of carbonyl (C=O) groups excluding carboxylic acids is 1. The van der Waals surface area contributed by atoms with Crippen LogP contribution in [0.4, 0.5) is 21.7 Å². The fourth-order valence-corrected chi connectivity index (χ4v) is 5.14. The monoisotopic (exact) mass is 488 g/mol. The number of hydrogen-bond acceptors (Lipinski definition) is 6. The second-order valence-corrected chi connectivity index (χ2v) is 9.65. The Morgan fingerprint density at radius 2 is 1.67 bits per heavy atom. The number of halogens is 1. The Kier molecular flexibility index (Phi) is 7.71. The molecular formula is C28H33FN6O. The van der Waals surface area contributed by atoms with Gasteiger partial charge in [-0.3, -0.25) is 4.79 Å². The summed E-state index contributed by atoms with van der Waals surface area (Å²) < 4.78 is 13.8. The minimum Gasteiger partial charge on any atom is -0.371 e. The van der Waals surface area contributed by atoms with Gasteiger partial charge in [-0.2, -0.15) is 0 Å². The number of nitrogens with zero attached hydrogens (tertiary/aromatic N) is 4. The highest BCUT2D eigenvalue weighted by Crippen LogP contribution is 2.24. The van der Waals surface area contributed by atoms with Gasteiger partial charge in [0.15, 0.2) is 0 Å². The lowest BCUT2D eigenvalue weighted by Gasteiger charge is -2.36. The lowest BCUT2D eigenvalue weighted by Crippen LogP contribution is -2.46. The van der Waals surface area contributed by atoms with Crippen LogP contribution in [0.1, 0.15) is 36.0 Å². The molecule has 0 aliphatic carbocycles. The van der Waals surface area contributed by atoms with Crippen molar-refractivity contribution in [1.82, 2.24) is 15.3 Å². The van der Waals surface area contributed by atoms with Gasteiger partial charge in [0.1, 0.15) is 5.82 Å². The summed E-state index contributed by atoms with van der Waals surface area (Å²) in [5, 5.41) is 6.59. The number of nitrogens with one attached hydrogen (secondary N) is 2. The summed E-state index contributed by atoms with van der Waals surface area (Å²) in [5.41, 5.74) is 1.85. The van der Waals surface area contributed by atoms with Gasteiger partial charge in [-0.25, -0.2) is 14.4 Å². The van der Waals surface area contributed by atoms with E-state index in [2.05, 4.69) is 30.4 Å². The van der Waals surface area contributed by atoms with E-state index in [9.17, 15) is 9.18 Å². The standard InChI is InChI=1S/C28H33FN6O/c29-26-7-2-1-6-25(26)27(36)33-23-8-10-24(11-9-23)34-17-12-22(13-18-34)32-19-21-5-3-16-35(20-21)28-30-14-4-15-31-28/h1-2,4,6-11,14-15,21-22,32H,3,5,12-13,16-20H2,(H,33,36). The molecule has 2 saturated heterocycles. The molecule has 3 aromatic rings. The Balaban J connectivity index is 1.06. The van der Waals surface area contributed by atoms with Crippen LogP contribution in [-0.4, -0.2) is 54.6 Å². The van der Waals surface area contributed by atoms with Crippen LogP contribution in [0.5, 0.6) is 0 Å². The Labute approximate surface area is 211 Å². The summed E-state index contributed by atoms with van der Waals surface area (Å²) in [6.07, 6.45) is 8.25. The number of benzene rings is 2. The van der Waals surface area contributed by atoms with Gasteiger partial charge in [0.2, 0.25) is 5.95 Å². The molecule has 1 unspecified atom stereocenters. The van der Waals surface area contributed by atoms with Crippen LogP contribution in [0.25, 0.3) is 0 Å². The molecule has 0 saturated carbocycles. The van der Waals surface area contributed by atoms with Gasteiger partial charge in [-0.1, -0.05) is 12.1 Å². The lowest BCUT2D eigenvalue weighted by atomic mass is 9.96. The van der Waals surface area contributed by atoms with Gasteiger partial charge in [-0.15, -0.1) is 0 Å². The topological polar surface area (TPSA) is 73.4 Å². The van der Waals surface area contributed by atoms with Crippen LogP contribution in [0.3, 0.4) is 0 Å². The number of rotatable bonds is 7. The van der Waals surface area contributed by atoms with Crippen LogP contribution < -0.4 is 20.4 Å². The quantitative estimate of drug-likeness (QED) is 0.515. The van der Waals surface area contributed by atoms with Gasteiger partial charge in [-0.05, 0) is 80.6 Å². The third kappa shape index (κ3) is 5.99. The summed E-state index contributed by atoms with van der Waals surface area (Å²) in [5.74, 6) is 0.500. The Bertz CT molecular complexity index is 1130. The van der Waals surface area contributed by atoms with Gasteiger partial charge in [0.25, 0.3) is 5.91 Å². The predicted octanol–water partition coefficient (Wildman–Crippen LogP) is 4.34. The number of aromatic nitrogens is 2. The van der Waals surface area contributed by atoms with Crippen molar-refractivity contribution in [3.8, 4) is 0 Å². The van der Waals surface area contributed by atoms with Crippen LogP contribution >= 0.6 is 0 Å². The molecule has 1 amide bonds. The third-order valence-corrected chi connectivity index (χ3v) is 7.15. The van der Waals surface area contributed by atoms with Crippen LogP contribution in [0, 0.1) is 11.7 Å². The largest absolute Gasteiger partial charge is 0.371 e. The normalized spacial score (nSPS) is 18.8. The molecule has 0 spiro atoms. The molecule has 1 atom stereocenters. The molecule has 1 aromatic heterocycles. The van der Waals surface area contributed by atoms with Crippen molar-refractivity contribution in [2.75, 3.05) is 47.8 Å². The van der Waals surface area contributed by atoms with Gasteiger partial charge >= 0.3 is 0 Å². The minimum absolute atomic E-state index is 0.0467. The molecule has 188 valence electrons. The van der Waals surface area contributed by atoms with E-state index in [1.54, 1.807) is 12.1 Å². The molecule has 0 bridgehead atoms. The second kappa shape index (κ2) is 11.5. The fraction of sp³-hybridized carbons (Fsp3) is 0.393. The molecule has 3 heterocycles. The average Bonchev–Trinajstić information content (AvgIpc) is 2.93. The number of amides is 1. The molecule has 36 heavy (non-hydrogen) atoms. The number of hydrogen-bond donors (Lipinski definition) is 2. The van der Waals surface area contributed by atoms with Crippen molar-refractivity contribution in [2.45, 2.75) is 31.7 Å². The SMILES string of the molecule is O=C(Nc1ccc(N2CCC(NCC3CCCN(c4ncccn4)C3)CC2)cc1)c1ccccc1F. The Morgan fingerprint density at radius 1 is 0.917 bits per heavy atom. The van der Waals surface area contributed by atoms with Crippen molar-refractivity contribution in [1.29, 1.82) is 0 Å². The molecule has 8 heteroatoms. The van der Waals surface area contributed by atoms with E-state index < -0.39 is 11.7 Å². The van der Waals surface area contributed by atoms with Gasteiger partial charge in [0, 0.05) is 56.0 Å². The molecule has 0 radical (unpaired) electrons. The Morgan fingerprint density at radius 3 is 2.42 bits per heavy atom. The highest BCUT2D eigenvalue weighted by molar-refractivity contribution is 6.04. The van der Waals surface area contributed by atoms with Crippen molar-refractivity contribution in [2.24, 2.45) is 5.92 Å². The number of carbonyl (C=O) groups is 1. The molecule has 7 nitrogen and oxygen atoms in total. The van der Waals surface area contributed by atoms with E-state index in [1.807, 2.05) is 42.7 Å². The summed E-state index contributed by atoms with van der Waals surface area (Å²) in [6, 6.07) is 16.2. The fourth-order valence-electron chi connectivity index (χ4n) is 5.14. The molecule has 2 aliphatic rings. The minimum atomic E-state index is -0.519. The highest BCUT2D eigenvalue weighted by atomic mass is 19.1. The zero-order valence-corrected chi connectivity index (χ0v) is 20.4. The van der Waals surface area contributed by atoms with Crippen LogP contribution in [0.2, 0.25) is 0 Å². The van der Waals surface area contributed by atoms with Crippen molar-refractivity contribution in [3.05, 3.63) is 78.4 Å². The molecule has 2 aliphatic heterocycles. The maximum atomic E-state index is 13.8. The van der Waals surface area contributed by atoms with E-state index in [-0.39, 0.29) is 5.56 Å². The maximum absolute atomic E-state index is 13.8. The highest BCUT2D eigenvalue weighted by Gasteiger charge is 2.24. The number of anilines is 3. The molecular weight excluding hydrogens is 455 g/mol. The third-order valence-electron chi connectivity index (χ3n) is 7.15. The molecule has 2 fully saturated rings. The second-order valence-electron chi connectivity index (χ2n) is 9.65. The number of piperidine rings is 2. The van der Waals surface area contributed by atoms with Crippen molar-refractivity contribution >= 4 is 23.2 Å². The first-order valence-electron chi connectivity index (χ1n) is 12.8. The predicted molar refractivity (Wildman–Crippen MR) is 141 cm³/mol. The van der Waals surface area contributed by atoms with Crippen LogP contribution in [0.15, 0.2) is 67.0 Å². The summed E-state index contributed by atoms with van der Waals surface area (Å²) in [6.45, 7) is 5.06. The van der Waals surface area contributed by atoms with E-state index in [4.69, 9.17) is 0 Å². The van der Waals surface area contributed by atoms with E-state index in [0.29, 0.717) is 17.6 Å². The van der Waals surface area contributed by atoms with Crippen molar-refractivity contribution < 1.29 is 9.18 Å². The Hall–Kier alpha value is -3.52. The first-order chi connectivity index (χ1) is 17.7. The first-order valence-corrected chi connectivity index (χ1v) is 12.8. The zero-order chi connectivity index (χ0) is 24.7. The zero-order valence-electron chi connectivity index (χ0n) is 20.4. The van der Waals surface area contributed by atoms with E-state index >= 15 is 0 Å². The van der Waals surface area contributed by atoms with Gasteiger partial charge in [0.05, 0.1) is 5.56 Å². The van der Waals surface area contributed by atoms with Gasteiger partial charge < -0.3 is 20.4 Å².